The highest BCUT2D eigenvalue weighted by Gasteiger charge is 2.30. The van der Waals surface area contributed by atoms with Crippen molar-refractivity contribution < 1.29 is 19.5 Å². The van der Waals surface area contributed by atoms with E-state index >= 15 is 0 Å². The van der Waals surface area contributed by atoms with Crippen molar-refractivity contribution in [1.29, 1.82) is 0 Å². The van der Waals surface area contributed by atoms with Crippen molar-refractivity contribution in [2.24, 2.45) is 5.92 Å². The number of amides is 2. The zero-order chi connectivity index (χ0) is 17.0. The van der Waals surface area contributed by atoms with E-state index in [-0.39, 0.29) is 24.7 Å². The Morgan fingerprint density at radius 2 is 2.04 bits per heavy atom. The molecule has 1 aromatic carbocycles. The minimum Gasteiger partial charge on any atom is -0.481 e. The molecule has 1 heterocycles. The number of nitrogens with one attached hydrogen (secondary N) is 1. The number of piperidine rings is 1. The Morgan fingerprint density at radius 1 is 1.39 bits per heavy atom. The number of carbonyl (C=O) groups is 3. The molecule has 6 nitrogen and oxygen atoms in total. The van der Waals surface area contributed by atoms with E-state index in [2.05, 4.69) is 21.2 Å². The molecule has 124 valence electrons. The maximum absolute atomic E-state index is 12.4. The van der Waals surface area contributed by atoms with Crippen LogP contribution in [-0.4, -0.2) is 41.4 Å². The van der Waals surface area contributed by atoms with Gasteiger partial charge in [-0.2, -0.15) is 0 Å². The van der Waals surface area contributed by atoms with Gasteiger partial charge < -0.3 is 15.3 Å². The zero-order valence-electron chi connectivity index (χ0n) is 12.8. The lowest BCUT2D eigenvalue weighted by molar-refractivity contribution is -0.140. The lowest BCUT2D eigenvalue weighted by Gasteiger charge is -2.29. The number of carboxylic acid groups (broad SMARTS) is 1. The second-order valence-electron chi connectivity index (χ2n) is 5.72. The van der Waals surface area contributed by atoms with Gasteiger partial charge >= 0.3 is 5.97 Å². The normalized spacial score (nSPS) is 19.3. The maximum atomic E-state index is 12.4. The topological polar surface area (TPSA) is 86.7 Å². The summed E-state index contributed by atoms with van der Waals surface area (Å²) in [4.78, 5) is 36.8. The molecule has 0 bridgehead atoms. The van der Waals surface area contributed by atoms with Crippen LogP contribution in [0.15, 0.2) is 28.7 Å². The van der Waals surface area contributed by atoms with Crippen LogP contribution in [0.25, 0.3) is 0 Å². The van der Waals surface area contributed by atoms with Crippen LogP contribution in [0.2, 0.25) is 0 Å². The Kier molecular flexibility index (Phi) is 5.76. The highest BCUT2D eigenvalue weighted by molar-refractivity contribution is 9.10. The summed E-state index contributed by atoms with van der Waals surface area (Å²) >= 11 is 3.33. The quantitative estimate of drug-likeness (QED) is 0.814. The number of aliphatic carboxylic acids is 1. The molecule has 2 N–H and O–H groups in total. The summed E-state index contributed by atoms with van der Waals surface area (Å²) in [6, 6.07) is 6.54. The molecule has 0 saturated carbocycles. The lowest BCUT2D eigenvalue weighted by Crippen LogP contribution is -2.43. The molecule has 1 aliphatic rings. The Bertz CT molecular complexity index is 603. The van der Waals surface area contributed by atoms with Crippen LogP contribution in [0, 0.1) is 5.92 Å². The van der Waals surface area contributed by atoms with Gasteiger partial charge in [-0.1, -0.05) is 28.1 Å². The number of hydrogen-bond acceptors (Lipinski definition) is 3. The molecule has 2 amide bonds. The molecule has 1 aromatic rings. The van der Waals surface area contributed by atoms with Crippen LogP contribution >= 0.6 is 15.9 Å². The second-order valence-corrected chi connectivity index (χ2v) is 6.63. The number of hydrogen-bond donors (Lipinski definition) is 2. The molecule has 0 aromatic heterocycles. The predicted molar refractivity (Wildman–Crippen MR) is 87.6 cm³/mol. The first-order valence-electron chi connectivity index (χ1n) is 7.38. The summed E-state index contributed by atoms with van der Waals surface area (Å²) in [5.41, 5.74) is 0.725. The molecular weight excluding hydrogens is 364 g/mol. The van der Waals surface area contributed by atoms with Crippen molar-refractivity contribution in [1.82, 2.24) is 10.2 Å². The second kappa shape index (κ2) is 7.59. The van der Waals surface area contributed by atoms with Crippen molar-refractivity contribution in [3.63, 3.8) is 0 Å². The molecule has 7 heteroatoms. The highest BCUT2D eigenvalue weighted by atomic mass is 79.9. The van der Waals surface area contributed by atoms with E-state index in [1.807, 2.05) is 0 Å². The van der Waals surface area contributed by atoms with Gasteiger partial charge in [-0.05, 0) is 24.1 Å². The van der Waals surface area contributed by atoms with E-state index in [0.29, 0.717) is 13.0 Å². The van der Waals surface area contributed by atoms with Gasteiger partial charge in [-0.3, -0.25) is 14.4 Å². The predicted octanol–water partition coefficient (Wildman–Crippen LogP) is 1.95. The van der Waals surface area contributed by atoms with Crippen molar-refractivity contribution in [3.05, 3.63) is 34.3 Å². The molecule has 0 radical (unpaired) electrons. The molecule has 1 fully saturated rings. The van der Waals surface area contributed by atoms with E-state index in [9.17, 15) is 14.4 Å². The Hall–Kier alpha value is -1.89. The summed E-state index contributed by atoms with van der Waals surface area (Å²) in [6.45, 7) is 0.540. The SMILES string of the molecule is CN1CC[C@@H](C(=O)N[C@H](CC(=O)O)c2ccc(Br)cc2)CC1=O. The minimum atomic E-state index is -0.988. The standard InChI is InChI=1S/C16H19BrN2O4/c1-19-7-6-11(8-14(19)20)16(23)18-13(9-15(21)22)10-2-4-12(17)5-3-10/h2-5,11,13H,6-9H2,1H3,(H,18,23)(H,21,22)/t11-,13-/m1/s1. The van der Waals surface area contributed by atoms with Crippen LogP contribution in [0.5, 0.6) is 0 Å². The molecule has 0 aliphatic carbocycles. The summed E-state index contributed by atoms with van der Waals surface area (Å²) in [5, 5.41) is 11.9. The van der Waals surface area contributed by atoms with Crippen LogP contribution in [0.4, 0.5) is 0 Å². The van der Waals surface area contributed by atoms with Crippen LogP contribution in [0.3, 0.4) is 0 Å². The van der Waals surface area contributed by atoms with Gasteiger partial charge in [-0.25, -0.2) is 0 Å². The number of benzene rings is 1. The fraction of sp³-hybridized carbons (Fsp3) is 0.438. The van der Waals surface area contributed by atoms with Gasteiger partial charge in [0.2, 0.25) is 11.8 Å². The van der Waals surface area contributed by atoms with Gasteiger partial charge in [0.25, 0.3) is 0 Å². The Balaban J connectivity index is 2.08. The summed E-state index contributed by atoms with van der Waals surface area (Å²) in [7, 11) is 1.71. The molecule has 2 rings (SSSR count). The smallest absolute Gasteiger partial charge is 0.305 e. The minimum absolute atomic E-state index is 0.0603. The lowest BCUT2D eigenvalue weighted by atomic mass is 9.94. The van der Waals surface area contributed by atoms with Gasteiger partial charge in [0.15, 0.2) is 0 Å². The number of halogens is 1. The largest absolute Gasteiger partial charge is 0.481 e. The Morgan fingerprint density at radius 3 is 2.61 bits per heavy atom. The van der Waals surface area contributed by atoms with Crippen LogP contribution in [-0.2, 0) is 14.4 Å². The van der Waals surface area contributed by atoms with E-state index in [1.165, 1.54) is 0 Å². The molecule has 2 atom stereocenters. The zero-order valence-corrected chi connectivity index (χ0v) is 14.4. The third-order valence-electron chi connectivity index (χ3n) is 4.00. The number of carbonyl (C=O) groups excluding carboxylic acids is 2. The maximum Gasteiger partial charge on any atom is 0.305 e. The third kappa shape index (κ3) is 4.79. The third-order valence-corrected chi connectivity index (χ3v) is 4.53. The summed E-state index contributed by atoms with van der Waals surface area (Å²) in [5.74, 6) is -1.71. The number of likely N-dealkylation sites (tertiary alicyclic amines) is 1. The number of nitrogens with zero attached hydrogens (tertiary/aromatic N) is 1. The monoisotopic (exact) mass is 382 g/mol. The summed E-state index contributed by atoms with van der Waals surface area (Å²) in [6.07, 6.45) is 0.560. The van der Waals surface area contributed by atoms with Crippen LogP contribution in [0.1, 0.15) is 30.9 Å². The molecule has 0 spiro atoms. The molecule has 23 heavy (non-hydrogen) atoms. The molecule has 1 aliphatic heterocycles. The van der Waals surface area contributed by atoms with E-state index in [1.54, 1.807) is 36.2 Å². The highest BCUT2D eigenvalue weighted by Crippen LogP contribution is 2.23. The molecule has 0 unspecified atom stereocenters. The van der Waals surface area contributed by atoms with E-state index < -0.39 is 17.9 Å². The van der Waals surface area contributed by atoms with Gasteiger partial charge in [0, 0.05) is 30.4 Å². The van der Waals surface area contributed by atoms with Gasteiger partial charge in [0.1, 0.15) is 0 Å². The number of rotatable bonds is 5. The fourth-order valence-corrected chi connectivity index (χ4v) is 2.84. The first-order valence-corrected chi connectivity index (χ1v) is 8.17. The van der Waals surface area contributed by atoms with Crippen molar-refractivity contribution in [2.45, 2.75) is 25.3 Å². The summed E-state index contributed by atoms with van der Waals surface area (Å²) < 4.78 is 0.877. The van der Waals surface area contributed by atoms with Crippen molar-refractivity contribution in [3.8, 4) is 0 Å². The molecule has 1 saturated heterocycles. The van der Waals surface area contributed by atoms with Crippen LogP contribution < -0.4 is 5.32 Å². The first kappa shape index (κ1) is 17.5. The van der Waals surface area contributed by atoms with Crippen molar-refractivity contribution >= 4 is 33.7 Å². The van der Waals surface area contributed by atoms with E-state index in [0.717, 1.165) is 10.0 Å². The van der Waals surface area contributed by atoms with Crippen molar-refractivity contribution in [2.75, 3.05) is 13.6 Å². The Labute approximate surface area is 143 Å². The fourth-order valence-electron chi connectivity index (χ4n) is 2.58. The first-order chi connectivity index (χ1) is 10.9. The van der Waals surface area contributed by atoms with Gasteiger partial charge in [0.05, 0.1) is 12.5 Å². The van der Waals surface area contributed by atoms with Gasteiger partial charge in [-0.15, -0.1) is 0 Å². The average Bonchev–Trinajstić information content (AvgIpc) is 2.49. The molecular formula is C16H19BrN2O4. The number of carboxylic acids is 1. The van der Waals surface area contributed by atoms with E-state index in [4.69, 9.17) is 5.11 Å². The average molecular weight is 383 g/mol.